The highest BCUT2D eigenvalue weighted by atomic mass is 35.5. The van der Waals surface area contributed by atoms with Crippen LogP contribution in [0.3, 0.4) is 0 Å². The third-order valence-corrected chi connectivity index (χ3v) is 4.55. The van der Waals surface area contributed by atoms with E-state index in [0.29, 0.717) is 17.1 Å². The Hall–Kier alpha value is -0.800. The summed E-state index contributed by atoms with van der Waals surface area (Å²) in [5.41, 5.74) is 0.133. The van der Waals surface area contributed by atoms with Crippen molar-refractivity contribution >= 4 is 29.1 Å². The zero-order valence-corrected chi connectivity index (χ0v) is 14.1. The average molecular weight is 332 g/mol. The molecule has 0 radical (unpaired) electrons. The van der Waals surface area contributed by atoms with E-state index in [1.54, 1.807) is 6.07 Å². The monoisotopic (exact) mass is 331 g/mol. The largest absolute Gasteiger partial charge is 0.342 e. The molecule has 1 aliphatic rings. The number of benzene rings is 1. The summed E-state index contributed by atoms with van der Waals surface area (Å²) in [5.74, 6) is -0.271. The van der Waals surface area contributed by atoms with Crippen molar-refractivity contribution in [1.29, 1.82) is 0 Å². The topological polar surface area (TPSA) is 20.3 Å². The van der Waals surface area contributed by atoms with Crippen LogP contribution in [0.15, 0.2) is 12.1 Å². The lowest BCUT2D eigenvalue weighted by molar-refractivity contribution is -0.140. The first-order valence-corrected chi connectivity index (χ1v) is 7.89. The molecule has 1 aromatic rings. The number of carbonyl (C=O) groups is 1. The molecule has 0 N–H and O–H groups in total. The summed E-state index contributed by atoms with van der Waals surface area (Å²) in [5, 5.41) is 0.573. The Labute approximate surface area is 135 Å². The smallest absolute Gasteiger partial charge is 0.227 e. The summed E-state index contributed by atoms with van der Waals surface area (Å²) in [6, 6.07) is 2.85. The Bertz CT molecular complexity index is 554. The van der Waals surface area contributed by atoms with Crippen molar-refractivity contribution in [3.8, 4) is 0 Å². The van der Waals surface area contributed by atoms with E-state index in [1.807, 2.05) is 25.7 Å². The minimum Gasteiger partial charge on any atom is -0.342 e. The molecule has 5 heteroatoms. The van der Waals surface area contributed by atoms with Crippen LogP contribution >= 0.6 is 23.2 Å². The molecule has 2 nitrogen and oxygen atoms in total. The van der Waals surface area contributed by atoms with Gasteiger partial charge in [0.1, 0.15) is 5.82 Å². The Morgan fingerprint density at radius 1 is 1.29 bits per heavy atom. The van der Waals surface area contributed by atoms with Crippen LogP contribution in [0, 0.1) is 11.2 Å². The average Bonchev–Trinajstić information content (AvgIpc) is 2.41. The molecule has 0 aromatic heterocycles. The summed E-state index contributed by atoms with van der Waals surface area (Å²) in [7, 11) is 0. The van der Waals surface area contributed by atoms with Gasteiger partial charge in [-0.25, -0.2) is 4.39 Å². The van der Waals surface area contributed by atoms with Crippen molar-refractivity contribution in [3.05, 3.63) is 33.6 Å². The molecule has 1 unspecified atom stereocenters. The van der Waals surface area contributed by atoms with Gasteiger partial charge in [-0.15, -0.1) is 0 Å². The summed E-state index contributed by atoms with van der Waals surface area (Å²) in [6.45, 7) is 6.97. The number of halogens is 3. The van der Waals surface area contributed by atoms with Crippen LogP contribution < -0.4 is 0 Å². The Balaban J connectivity index is 2.22. The first kappa shape index (κ1) is 16.6. The third-order valence-electron chi connectivity index (χ3n) is 3.83. The lowest BCUT2D eigenvalue weighted by Crippen LogP contribution is -2.44. The van der Waals surface area contributed by atoms with E-state index in [4.69, 9.17) is 23.2 Å². The maximum atomic E-state index is 14.1. The maximum absolute atomic E-state index is 14.1. The van der Waals surface area contributed by atoms with Gasteiger partial charge in [0.25, 0.3) is 0 Å². The van der Waals surface area contributed by atoms with Gasteiger partial charge in [-0.2, -0.15) is 0 Å². The quantitative estimate of drug-likeness (QED) is 0.671. The second-order valence-electron chi connectivity index (χ2n) is 6.63. The van der Waals surface area contributed by atoms with Crippen LogP contribution in [0.1, 0.15) is 45.1 Å². The highest BCUT2D eigenvalue weighted by Crippen LogP contribution is 2.34. The van der Waals surface area contributed by atoms with Crippen molar-refractivity contribution in [2.75, 3.05) is 13.1 Å². The molecule has 1 saturated heterocycles. The minimum absolute atomic E-state index is 0.0279. The van der Waals surface area contributed by atoms with Crippen molar-refractivity contribution in [2.24, 2.45) is 5.41 Å². The Morgan fingerprint density at radius 2 is 1.90 bits per heavy atom. The zero-order valence-electron chi connectivity index (χ0n) is 12.5. The molecule has 0 saturated carbocycles. The summed E-state index contributed by atoms with van der Waals surface area (Å²) >= 11 is 11.8. The van der Waals surface area contributed by atoms with Crippen LogP contribution in [0.5, 0.6) is 0 Å². The van der Waals surface area contributed by atoms with Gasteiger partial charge in [0.2, 0.25) is 5.91 Å². The first-order chi connectivity index (χ1) is 9.70. The molecular formula is C16H20Cl2FNO. The van der Waals surface area contributed by atoms with Crippen molar-refractivity contribution in [1.82, 2.24) is 4.90 Å². The molecular weight excluding hydrogens is 312 g/mol. The number of amides is 1. The van der Waals surface area contributed by atoms with Gasteiger partial charge in [-0.05, 0) is 30.5 Å². The fourth-order valence-electron chi connectivity index (χ4n) is 2.74. The van der Waals surface area contributed by atoms with Crippen molar-refractivity contribution in [2.45, 2.75) is 39.5 Å². The highest BCUT2D eigenvalue weighted by Gasteiger charge is 2.32. The van der Waals surface area contributed by atoms with Gasteiger partial charge in [-0.3, -0.25) is 4.79 Å². The molecule has 116 valence electrons. The minimum atomic E-state index is -0.419. The summed E-state index contributed by atoms with van der Waals surface area (Å²) in [4.78, 5) is 14.2. The van der Waals surface area contributed by atoms with Gasteiger partial charge in [0, 0.05) is 24.4 Å². The van der Waals surface area contributed by atoms with E-state index in [-0.39, 0.29) is 22.7 Å². The normalized spacial score (nSPS) is 19.7. The standard InChI is InChI=1S/C16H20Cl2FNO/c1-16(2,3)15(21)20-6-4-5-10(9-20)11-7-12(17)13(18)8-14(11)19/h7-8,10H,4-6,9H2,1-3H3. The van der Waals surface area contributed by atoms with Gasteiger partial charge in [0.05, 0.1) is 10.0 Å². The number of piperidine rings is 1. The van der Waals surface area contributed by atoms with E-state index in [1.165, 1.54) is 6.07 Å². The van der Waals surface area contributed by atoms with Crippen LogP contribution in [-0.4, -0.2) is 23.9 Å². The lowest BCUT2D eigenvalue weighted by Gasteiger charge is -2.36. The molecule has 0 aliphatic carbocycles. The van der Waals surface area contributed by atoms with Crippen LogP contribution in [0.2, 0.25) is 10.0 Å². The fraction of sp³-hybridized carbons (Fsp3) is 0.562. The second-order valence-corrected chi connectivity index (χ2v) is 7.44. The van der Waals surface area contributed by atoms with Crippen LogP contribution in [0.4, 0.5) is 4.39 Å². The molecule has 0 bridgehead atoms. The van der Waals surface area contributed by atoms with Gasteiger partial charge >= 0.3 is 0 Å². The number of hydrogen-bond donors (Lipinski definition) is 0. The number of nitrogens with zero attached hydrogens (tertiary/aromatic N) is 1. The SMILES string of the molecule is CC(C)(C)C(=O)N1CCCC(c2cc(Cl)c(Cl)cc2F)C1. The molecule has 1 aromatic carbocycles. The number of likely N-dealkylation sites (tertiary alicyclic amines) is 1. The zero-order chi connectivity index (χ0) is 15.8. The first-order valence-electron chi connectivity index (χ1n) is 7.14. The predicted molar refractivity (Wildman–Crippen MR) is 84.4 cm³/mol. The second kappa shape index (κ2) is 6.13. The van der Waals surface area contributed by atoms with Crippen molar-refractivity contribution in [3.63, 3.8) is 0 Å². The molecule has 21 heavy (non-hydrogen) atoms. The Morgan fingerprint density at radius 3 is 2.52 bits per heavy atom. The molecule has 0 spiro atoms. The van der Waals surface area contributed by atoms with E-state index >= 15 is 0 Å². The molecule has 1 aliphatic heterocycles. The fourth-order valence-corrected chi connectivity index (χ4v) is 3.06. The van der Waals surface area contributed by atoms with Crippen LogP contribution in [-0.2, 0) is 4.79 Å². The molecule has 1 amide bonds. The van der Waals surface area contributed by atoms with E-state index < -0.39 is 5.41 Å². The molecule has 1 heterocycles. The van der Waals surface area contributed by atoms with E-state index in [2.05, 4.69) is 0 Å². The number of carbonyl (C=O) groups excluding carboxylic acids is 1. The van der Waals surface area contributed by atoms with Crippen LogP contribution in [0.25, 0.3) is 0 Å². The maximum Gasteiger partial charge on any atom is 0.227 e. The lowest BCUT2D eigenvalue weighted by atomic mass is 9.87. The van der Waals surface area contributed by atoms with Crippen molar-refractivity contribution < 1.29 is 9.18 Å². The number of hydrogen-bond acceptors (Lipinski definition) is 1. The van der Waals surface area contributed by atoms with Gasteiger partial charge in [-0.1, -0.05) is 44.0 Å². The third kappa shape index (κ3) is 3.70. The van der Waals surface area contributed by atoms with E-state index in [0.717, 1.165) is 19.4 Å². The molecule has 1 fully saturated rings. The predicted octanol–water partition coefficient (Wildman–Crippen LogP) is 4.88. The summed E-state index contributed by atoms with van der Waals surface area (Å²) < 4.78 is 14.1. The molecule has 1 atom stereocenters. The Kier molecular flexibility index (Phi) is 4.84. The summed E-state index contributed by atoms with van der Waals surface area (Å²) in [6.07, 6.45) is 1.72. The molecule has 2 rings (SSSR count). The van der Waals surface area contributed by atoms with Gasteiger partial charge < -0.3 is 4.90 Å². The van der Waals surface area contributed by atoms with E-state index in [9.17, 15) is 9.18 Å². The number of rotatable bonds is 1. The highest BCUT2D eigenvalue weighted by molar-refractivity contribution is 6.42. The van der Waals surface area contributed by atoms with Gasteiger partial charge in [0.15, 0.2) is 0 Å².